The third kappa shape index (κ3) is 10.4. The van der Waals surface area contributed by atoms with Crippen LogP contribution in [0.15, 0.2) is 78.0 Å². The van der Waals surface area contributed by atoms with Crippen molar-refractivity contribution in [3.05, 3.63) is 84.1 Å². The Kier molecular flexibility index (Phi) is 11.0. The van der Waals surface area contributed by atoms with E-state index < -0.39 is 24.1 Å². The fourth-order valence-corrected chi connectivity index (χ4v) is 3.64. The van der Waals surface area contributed by atoms with Crippen LogP contribution in [0.4, 0.5) is 0 Å². The maximum absolute atomic E-state index is 10.9. The Bertz CT molecular complexity index is 1010. The molecule has 0 radical (unpaired) electrons. The average molecular weight is 481 g/mol. The third-order valence-electron chi connectivity index (χ3n) is 5.24. The smallest absolute Gasteiger partial charge is 0.328 e. The van der Waals surface area contributed by atoms with Gasteiger partial charge < -0.3 is 20.1 Å². The summed E-state index contributed by atoms with van der Waals surface area (Å²) in [4.78, 5) is 14.8. The lowest BCUT2D eigenvalue weighted by Crippen LogP contribution is -2.39. The van der Waals surface area contributed by atoms with E-state index in [1.807, 2.05) is 63.3 Å². The number of aliphatic imine (C=N–C) groups is 1. The first-order chi connectivity index (χ1) is 16.6. The number of ether oxygens (including phenoxy) is 1. The number of aliphatic hydroxyl groups is 2. The number of hydrogen-bond donors (Lipinski definition) is 4. The minimum atomic E-state index is -1.13. The third-order valence-corrected chi connectivity index (χ3v) is 5.24. The number of aliphatic hydroxyl groups excluding tert-OH is 2. The van der Waals surface area contributed by atoms with Gasteiger partial charge in [-0.15, -0.1) is 0 Å². The molecular weight excluding hydrogens is 444 g/mol. The molecule has 188 valence electrons. The van der Waals surface area contributed by atoms with Crippen LogP contribution in [0.25, 0.3) is 11.6 Å². The topological polar surface area (TPSA) is 111 Å². The number of rotatable bonds is 12. The first kappa shape index (κ1) is 28.1. The summed E-state index contributed by atoms with van der Waals surface area (Å²) in [6, 6.07) is 7.59. The van der Waals surface area contributed by atoms with E-state index in [4.69, 9.17) is 9.84 Å². The zero-order chi connectivity index (χ0) is 25.8. The molecule has 0 fully saturated rings. The van der Waals surface area contributed by atoms with Crippen molar-refractivity contribution >= 4 is 23.8 Å². The van der Waals surface area contributed by atoms with Crippen molar-refractivity contribution in [1.82, 2.24) is 5.32 Å². The van der Waals surface area contributed by atoms with Gasteiger partial charge in [-0.3, -0.25) is 10.3 Å². The molecule has 0 aliphatic heterocycles. The van der Waals surface area contributed by atoms with Crippen LogP contribution in [0.1, 0.15) is 44.7 Å². The predicted molar refractivity (Wildman–Crippen MR) is 141 cm³/mol. The van der Waals surface area contributed by atoms with Crippen molar-refractivity contribution in [2.45, 2.75) is 51.7 Å². The molecule has 4 N–H and O–H groups in total. The molecule has 7 nitrogen and oxygen atoms in total. The second-order valence-corrected chi connectivity index (χ2v) is 9.20. The van der Waals surface area contributed by atoms with Crippen LogP contribution >= 0.6 is 0 Å². The van der Waals surface area contributed by atoms with Crippen molar-refractivity contribution in [1.29, 1.82) is 0 Å². The highest BCUT2D eigenvalue weighted by atomic mass is 16.6. The number of benzene rings is 1. The van der Waals surface area contributed by atoms with Crippen LogP contribution in [0.2, 0.25) is 0 Å². The molecule has 3 unspecified atom stereocenters. The van der Waals surface area contributed by atoms with Crippen molar-refractivity contribution in [3.63, 3.8) is 0 Å². The van der Waals surface area contributed by atoms with Crippen molar-refractivity contribution < 1.29 is 24.9 Å². The molecule has 1 aromatic rings. The number of carbonyl (C=O) groups is 1. The van der Waals surface area contributed by atoms with Crippen molar-refractivity contribution in [2.75, 3.05) is 6.54 Å². The highest BCUT2D eigenvalue weighted by Gasteiger charge is 2.24. The number of allylic oxidation sites excluding steroid dienone is 2. The van der Waals surface area contributed by atoms with Gasteiger partial charge in [0.25, 0.3) is 0 Å². The zero-order valence-corrected chi connectivity index (χ0v) is 20.6. The Morgan fingerprint density at radius 3 is 2.80 bits per heavy atom. The van der Waals surface area contributed by atoms with E-state index in [0.29, 0.717) is 19.4 Å². The summed E-state index contributed by atoms with van der Waals surface area (Å²) >= 11 is 0. The molecule has 0 heterocycles. The Hall–Kier alpha value is -3.10. The predicted octanol–water partition coefficient (Wildman–Crippen LogP) is 4.32. The lowest BCUT2D eigenvalue weighted by atomic mass is 9.82. The standard InChI is InChI=1S/C28H36N2O5/c1-5-29-16-7-6-11-25(31)22-13-14-23(19-30-27(34)35-28(2,3)4)24(18-22)21-10-8-9-20(17-21)12-15-26(32)33/h5-10,12-17,22,25,27,30-31,34H,1,11,18-19H2,2-4H3,(H,32,33)/b7-6+,15-12+,29-16?. The Balaban J connectivity index is 2.27. The lowest BCUT2D eigenvalue weighted by Gasteiger charge is -2.28. The van der Waals surface area contributed by atoms with Gasteiger partial charge in [-0.2, -0.15) is 0 Å². The van der Waals surface area contributed by atoms with E-state index in [1.54, 1.807) is 18.4 Å². The van der Waals surface area contributed by atoms with Crippen molar-refractivity contribution in [3.8, 4) is 0 Å². The van der Waals surface area contributed by atoms with E-state index in [-0.39, 0.29) is 5.92 Å². The summed E-state index contributed by atoms with van der Waals surface area (Å²) in [6.07, 6.45) is 12.6. The molecule has 0 aromatic heterocycles. The second-order valence-electron chi connectivity index (χ2n) is 9.20. The highest BCUT2D eigenvalue weighted by Crippen LogP contribution is 2.34. The van der Waals surface area contributed by atoms with Gasteiger partial charge in [0, 0.05) is 31.0 Å². The van der Waals surface area contributed by atoms with Gasteiger partial charge in [-0.05, 0) is 74.1 Å². The number of carboxylic acid groups (broad SMARTS) is 1. The molecule has 35 heavy (non-hydrogen) atoms. The number of aliphatic carboxylic acids is 1. The normalized spacial score (nSPS) is 18.6. The molecule has 1 aliphatic carbocycles. The Morgan fingerprint density at radius 2 is 2.11 bits per heavy atom. The van der Waals surface area contributed by atoms with Gasteiger partial charge >= 0.3 is 5.97 Å². The highest BCUT2D eigenvalue weighted by molar-refractivity contribution is 5.85. The van der Waals surface area contributed by atoms with Crippen LogP contribution in [-0.2, 0) is 9.53 Å². The van der Waals surface area contributed by atoms with Crippen LogP contribution in [-0.4, -0.2) is 52.2 Å². The molecule has 1 aliphatic rings. The van der Waals surface area contributed by atoms with Crippen LogP contribution < -0.4 is 5.32 Å². The van der Waals surface area contributed by atoms with E-state index in [0.717, 1.165) is 28.3 Å². The molecule has 0 saturated heterocycles. The van der Waals surface area contributed by atoms with Crippen LogP contribution in [0.3, 0.4) is 0 Å². The zero-order valence-electron chi connectivity index (χ0n) is 20.6. The van der Waals surface area contributed by atoms with Gasteiger partial charge in [-0.25, -0.2) is 4.79 Å². The van der Waals surface area contributed by atoms with E-state index in [2.05, 4.69) is 16.9 Å². The largest absolute Gasteiger partial charge is 0.478 e. The Morgan fingerprint density at radius 1 is 1.34 bits per heavy atom. The minimum absolute atomic E-state index is 0.108. The summed E-state index contributed by atoms with van der Waals surface area (Å²) in [7, 11) is 0. The van der Waals surface area contributed by atoms with E-state index in [9.17, 15) is 15.0 Å². The van der Waals surface area contributed by atoms with Gasteiger partial charge in [0.15, 0.2) is 0 Å². The monoisotopic (exact) mass is 480 g/mol. The number of carboxylic acids is 1. The van der Waals surface area contributed by atoms with Gasteiger partial charge in [-0.1, -0.05) is 43.0 Å². The van der Waals surface area contributed by atoms with E-state index >= 15 is 0 Å². The average Bonchev–Trinajstić information content (AvgIpc) is 2.80. The summed E-state index contributed by atoms with van der Waals surface area (Å²) in [6.45, 7) is 9.48. The summed E-state index contributed by atoms with van der Waals surface area (Å²) in [5.74, 6) is -1.12. The lowest BCUT2D eigenvalue weighted by molar-refractivity contribution is -0.180. The fourth-order valence-electron chi connectivity index (χ4n) is 3.64. The van der Waals surface area contributed by atoms with Gasteiger partial charge in [0.1, 0.15) is 0 Å². The first-order valence-electron chi connectivity index (χ1n) is 11.6. The summed E-state index contributed by atoms with van der Waals surface area (Å²) in [5, 5.41) is 33.0. The number of nitrogens with one attached hydrogen (secondary N) is 1. The molecular formula is C28H36N2O5. The molecule has 2 rings (SSSR count). The molecule has 0 amide bonds. The maximum Gasteiger partial charge on any atom is 0.328 e. The molecule has 1 aromatic carbocycles. The number of hydrogen-bond acceptors (Lipinski definition) is 6. The van der Waals surface area contributed by atoms with E-state index in [1.165, 1.54) is 6.20 Å². The molecule has 0 saturated carbocycles. The van der Waals surface area contributed by atoms with Gasteiger partial charge in [0.05, 0.1) is 11.7 Å². The quantitative estimate of drug-likeness (QED) is 0.201. The van der Waals surface area contributed by atoms with Crippen LogP contribution in [0.5, 0.6) is 0 Å². The Labute approximate surface area is 207 Å². The second kappa shape index (κ2) is 13.7. The molecule has 7 heteroatoms. The molecule has 3 atom stereocenters. The first-order valence-corrected chi connectivity index (χ1v) is 11.6. The SMILES string of the molecule is C=CN=C/C=C/CC(O)C1C=CC(CNC(O)OC(C)(C)C)=C(c2cccc(/C=C/C(=O)O)c2)C1. The van der Waals surface area contributed by atoms with Crippen molar-refractivity contribution in [2.24, 2.45) is 10.9 Å². The fraction of sp³-hybridized carbons (Fsp3) is 0.357. The maximum atomic E-state index is 10.9. The molecule has 0 spiro atoms. The summed E-state index contributed by atoms with van der Waals surface area (Å²) < 4.78 is 5.54. The van der Waals surface area contributed by atoms with Gasteiger partial charge in [0.2, 0.25) is 6.41 Å². The molecule has 0 bridgehead atoms. The minimum Gasteiger partial charge on any atom is -0.478 e. The van der Waals surface area contributed by atoms with Crippen LogP contribution in [0, 0.1) is 5.92 Å². The summed E-state index contributed by atoms with van der Waals surface area (Å²) in [5.41, 5.74) is 3.15. The number of nitrogens with zero attached hydrogens (tertiary/aromatic N) is 1.